The van der Waals surface area contributed by atoms with E-state index in [0.717, 1.165) is 6.07 Å². The summed E-state index contributed by atoms with van der Waals surface area (Å²) in [6.07, 6.45) is 0.0534. The second kappa shape index (κ2) is 4.83. The summed E-state index contributed by atoms with van der Waals surface area (Å²) in [5, 5.41) is 18.0. The number of methoxy groups -OCH3 is 1. The van der Waals surface area contributed by atoms with Crippen LogP contribution in [0.15, 0.2) is 12.1 Å². The lowest BCUT2D eigenvalue weighted by Crippen LogP contribution is -2.13. The standard InChI is InChI=1S/C11H13FO4/c1-6(11(14)15)3-7-4-10(16-2)9(13)5-8(7)12/h4-6,13H,3H2,1-2H3,(H,14,15). The van der Waals surface area contributed by atoms with Crippen LogP contribution in [0.1, 0.15) is 12.5 Å². The maximum Gasteiger partial charge on any atom is 0.306 e. The van der Waals surface area contributed by atoms with E-state index >= 15 is 0 Å². The molecule has 1 atom stereocenters. The van der Waals surface area contributed by atoms with E-state index in [9.17, 15) is 14.3 Å². The first-order valence-electron chi connectivity index (χ1n) is 4.74. The average Bonchev–Trinajstić information content (AvgIpc) is 2.21. The Morgan fingerprint density at radius 3 is 2.69 bits per heavy atom. The van der Waals surface area contributed by atoms with Crippen LogP contribution in [0.3, 0.4) is 0 Å². The van der Waals surface area contributed by atoms with Gasteiger partial charge in [0.2, 0.25) is 0 Å². The number of phenolic OH excluding ortho intramolecular Hbond substituents is 1. The molecule has 0 aliphatic rings. The highest BCUT2D eigenvalue weighted by atomic mass is 19.1. The molecule has 0 saturated carbocycles. The smallest absolute Gasteiger partial charge is 0.306 e. The lowest BCUT2D eigenvalue weighted by Gasteiger charge is -2.10. The molecular formula is C11H13FO4. The molecule has 16 heavy (non-hydrogen) atoms. The van der Waals surface area contributed by atoms with Crippen LogP contribution >= 0.6 is 0 Å². The van der Waals surface area contributed by atoms with E-state index in [1.54, 1.807) is 0 Å². The van der Waals surface area contributed by atoms with Gasteiger partial charge in [0.1, 0.15) is 5.82 Å². The van der Waals surface area contributed by atoms with Gasteiger partial charge in [0.05, 0.1) is 13.0 Å². The molecule has 0 amide bonds. The van der Waals surface area contributed by atoms with Crippen LogP contribution < -0.4 is 4.74 Å². The maximum absolute atomic E-state index is 13.4. The van der Waals surface area contributed by atoms with Crippen LogP contribution in [-0.4, -0.2) is 23.3 Å². The lowest BCUT2D eigenvalue weighted by atomic mass is 10.0. The first kappa shape index (κ1) is 12.3. The minimum atomic E-state index is -0.994. The summed E-state index contributed by atoms with van der Waals surface area (Å²) in [4.78, 5) is 10.6. The number of hydrogen-bond donors (Lipinski definition) is 2. The first-order chi connectivity index (χ1) is 7.45. The molecule has 1 aromatic carbocycles. The van der Waals surface area contributed by atoms with E-state index in [1.807, 2.05) is 0 Å². The third-order valence-electron chi connectivity index (χ3n) is 2.30. The van der Waals surface area contributed by atoms with E-state index in [-0.39, 0.29) is 23.5 Å². The molecule has 0 aromatic heterocycles. The third kappa shape index (κ3) is 2.62. The summed E-state index contributed by atoms with van der Waals surface area (Å²) < 4.78 is 18.2. The van der Waals surface area contributed by atoms with Gasteiger partial charge in [0.25, 0.3) is 0 Å². The highest BCUT2D eigenvalue weighted by molar-refractivity contribution is 5.70. The quantitative estimate of drug-likeness (QED) is 0.824. The molecule has 0 aliphatic heterocycles. The predicted octanol–water partition coefficient (Wildman–Crippen LogP) is 1.80. The molecule has 0 heterocycles. The molecule has 0 aliphatic carbocycles. The normalized spacial score (nSPS) is 12.2. The molecule has 0 bridgehead atoms. The number of benzene rings is 1. The van der Waals surface area contributed by atoms with Crippen molar-refractivity contribution in [3.63, 3.8) is 0 Å². The molecule has 0 fully saturated rings. The average molecular weight is 228 g/mol. The van der Waals surface area contributed by atoms with Gasteiger partial charge < -0.3 is 14.9 Å². The molecule has 0 spiro atoms. The minimum Gasteiger partial charge on any atom is -0.504 e. The van der Waals surface area contributed by atoms with Gasteiger partial charge in [-0.3, -0.25) is 4.79 Å². The lowest BCUT2D eigenvalue weighted by molar-refractivity contribution is -0.141. The molecule has 1 unspecified atom stereocenters. The van der Waals surface area contributed by atoms with Gasteiger partial charge in [-0.25, -0.2) is 4.39 Å². The SMILES string of the molecule is COc1cc(CC(C)C(=O)O)c(F)cc1O. The Kier molecular flexibility index (Phi) is 3.71. The molecular weight excluding hydrogens is 215 g/mol. The Morgan fingerprint density at radius 2 is 2.19 bits per heavy atom. The fraction of sp³-hybridized carbons (Fsp3) is 0.364. The summed E-state index contributed by atoms with van der Waals surface area (Å²) in [6, 6.07) is 2.23. The van der Waals surface area contributed by atoms with E-state index in [0.29, 0.717) is 0 Å². The maximum atomic E-state index is 13.4. The molecule has 1 aromatic rings. The number of ether oxygens (including phenoxy) is 1. The number of halogens is 1. The minimum absolute atomic E-state index is 0.0534. The number of carboxylic acids is 1. The highest BCUT2D eigenvalue weighted by Crippen LogP contribution is 2.29. The summed E-state index contributed by atoms with van der Waals surface area (Å²) >= 11 is 0. The molecule has 2 N–H and O–H groups in total. The van der Waals surface area contributed by atoms with Crippen LogP contribution in [0.2, 0.25) is 0 Å². The van der Waals surface area contributed by atoms with Crippen molar-refractivity contribution in [3.05, 3.63) is 23.5 Å². The van der Waals surface area contributed by atoms with Gasteiger partial charge in [0, 0.05) is 6.07 Å². The first-order valence-corrected chi connectivity index (χ1v) is 4.74. The van der Waals surface area contributed by atoms with Crippen LogP contribution in [-0.2, 0) is 11.2 Å². The predicted molar refractivity (Wildman–Crippen MR) is 55.1 cm³/mol. The zero-order valence-electron chi connectivity index (χ0n) is 9.03. The van der Waals surface area contributed by atoms with Crippen molar-refractivity contribution < 1.29 is 24.1 Å². The Bertz CT molecular complexity index is 403. The fourth-order valence-corrected chi connectivity index (χ4v) is 1.32. The van der Waals surface area contributed by atoms with Crippen molar-refractivity contribution in [2.45, 2.75) is 13.3 Å². The van der Waals surface area contributed by atoms with E-state index < -0.39 is 17.7 Å². The van der Waals surface area contributed by atoms with Crippen LogP contribution in [0.4, 0.5) is 4.39 Å². The molecule has 1 rings (SSSR count). The second-order valence-corrected chi connectivity index (χ2v) is 3.56. The van der Waals surface area contributed by atoms with Gasteiger partial charge in [-0.15, -0.1) is 0 Å². The summed E-state index contributed by atoms with van der Waals surface area (Å²) in [5.41, 5.74) is 0.213. The molecule has 0 saturated heterocycles. The fourth-order valence-electron chi connectivity index (χ4n) is 1.32. The Labute approximate surface area is 92.3 Å². The van der Waals surface area contributed by atoms with Crippen LogP contribution in [0.5, 0.6) is 11.5 Å². The molecule has 4 nitrogen and oxygen atoms in total. The number of aliphatic carboxylic acids is 1. The molecule has 0 radical (unpaired) electrons. The van der Waals surface area contributed by atoms with Crippen molar-refractivity contribution in [2.24, 2.45) is 5.92 Å². The number of carboxylic acid groups (broad SMARTS) is 1. The number of hydrogen-bond acceptors (Lipinski definition) is 3. The molecule has 5 heteroatoms. The Hall–Kier alpha value is -1.78. The zero-order chi connectivity index (χ0) is 12.3. The van der Waals surface area contributed by atoms with Crippen molar-refractivity contribution in [2.75, 3.05) is 7.11 Å². The Balaban J connectivity index is 3.00. The van der Waals surface area contributed by atoms with Gasteiger partial charge in [-0.1, -0.05) is 6.92 Å². The van der Waals surface area contributed by atoms with Gasteiger partial charge in [-0.05, 0) is 18.1 Å². The molecule has 88 valence electrons. The van der Waals surface area contributed by atoms with Crippen molar-refractivity contribution >= 4 is 5.97 Å². The van der Waals surface area contributed by atoms with Crippen molar-refractivity contribution in [1.82, 2.24) is 0 Å². The summed E-state index contributed by atoms with van der Waals surface area (Å²) in [7, 11) is 1.34. The van der Waals surface area contributed by atoms with Gasteiger partial charge in [0.15, 0.2) is 11.5 Å². The summed E-state index contributed by atoms with van der Waals surface area (Å²) in [5.74, 6) is -2.48. The Morgan fingerprint density at radius 1 is 1.56 bits per heavy atom. The van der Waals surface area contributed by atoms with E-state index in [4.69, 9.17) is 9.84 Å². The van der Waals surface area contributed by atoms with Crippen LogP contribution in [0, 0.1) is 11.7 Å². The third-order valence-corrected chi connectivity index (χ3v) is 2.30. The number of carbonyl (C=O) groups is 1. The summed E-state index contributed by atoms with van der Waals surface area (Å²) in [6.45, 7) is 1.49. The second-order valence-electron chi connectivity index (χ2n) is 3.56. The highest BCUT2D eigenvalue weighted by Gasteiger charge is 2.16. The monoisotopic (exact) mass is 228 g/mol. The van der Waals surface area contributed by atoms with E-state index in [1.165, 1.54) is 20.1 Å². The van der Waals surface area contributed by atoms with Crippen molar-refractivity contribution in [1.29, 1.82) is 0 Å². The van der Waals surface area contributed by atoms with Crippen LogP contribution in [0.25, 0.3) is 0 Å². The zero-order valence-corrected chi connectivity index (χ0v) is 9.03. The largest absolute Gasteiger partial charge is 0.504 e. The van der Waals surface area contributed by atoms with E-state index in [2.05, 4.69) is 0 Å². The number of aromatic hydroxyl groups is 1. The van der Waals surface area contributed by atoms with Gasteiger partial charge >= 0.3 is 5.97 Å². The number of rotatable bonds is 4. The van der Waals surface area contributed by atoms with Gasteiger partial charge in [-0.2, -0.15) is 0 Å². The van der Waals surface area contributed by atoms with Crippen molar-refractivity contribution in [3.8, 4) is 11.5 Å². The topological polar surface area (TPSA) is 66.8 Å². The number of phenols is 1.